The lowest BCUT2D eigenvalue weighted by atomic mass is 9.69. The van der Waals surface area contributed by atoms with E-state index in [1.165, 1.54) is 12.5 Å². The molecule has 1 aromatic rings. The van der Waals surface area contributed by atoms with E-state index in [0.29, 0.717) is 22.4 Å². The molecule has 1 fully saturated rings. The number of hydrogen-bond acceptors (Lipinski definition) is 1. The molecule has 0 aliphatic heterocycles. The Morgan fingerprint density at radius 2 is 2.17 bits per heavy atom. The Labute approximate surface area is 114 Å². The number of rotatable bonds is 2. The van der Waals surface area contributed by atoms with Crippen molar-refractivity contribution < 1.29 is 4.39 Å². The summed E-state index contributed by atoms with van der Waals surface area (Å²) in [6.45, 7) is 4.43. The topological polar surface area (TPSA) is 26.0 Å². The van der Waals surface area contributed by atoms with Gasteiger partial charge in [0.1, 0.15) is 5.82 Å². The molecule has 2 rings (SSSR count). The maximum atomic E-state index is 14.0. The first-order chi connectivity index (χ1) is 8.42. The summed E-state index contributed by atoms with van der Waals surface area (Å²) < 4.78 is 14.0. The van der Waals surface area contributed by atoms with Gasteiger partial charge >= 0.3 is 0 Å². The van der Waals surface area contributed by atoms with E-state index in [1.807, 2.05) is 0 Å². The molecule has 18 heavy (non-hydrogen) atoms. The molecule has 1 aromatic carbocycles. The third kappa shape index (κ3) is 2.70. The standard InChI is InChI=1S/C15H21ClFN/c1-10(2)11-4-3-7-15(18,9-11)13-6-5-12(16)8-14(13)17/h5-6,8,10-11H,3-4,7,9,18H2,1-2H3. The maximum Gasteiger partial charge on any atom is 0.129 e. The molecule has 1 saturated carbocycles. The molecule has 2 N–H and O–H groups in total. The minimum Gasteiger partial charge on any atom is -0.321 e. The van der Waals surface area contributed by atoms with E-state index in [9.17, 15) is 4.39 Å². The zero-order valence-electron chi connectivity index (χ0n) is 11.0. The minimum absolute atomic E-state index is 0.269. The SMILES string of the molecule is CC(C)C1CCCC(N)(c2ccc(Cl)cc2F)C1. The van der Waals surface area contributed by atoms with Crippen LogP contribution >= 0.6 is 11.6 Å². The molecule has 1 aliphatic carbocycles. The van der Waals surface area contributed by atoms with E-state index >= 15 is 0 Å². The zero-order valence-corrected chi connectivity index (χ0v) is 11.8. The van der Waals surface area contributed by atoms with Gasteiger partial charge in [-0.1, -0.05) is 44.4 Å². The average Bonchev–Trinajstić information content (AvgIpc) is 2.28. The molecule has 2 unspecified atom stereocenters. The maximum absolute atomic E-state index is 14.0. The number of benzene rings is 1. The van der Waals surface area contributed by atoms with Crippen molar-refractivity contribution >= 4 is 11.6 Å². The van der Waals surface area contributed by atoms with E-state index in [0.717, 1.165) is 19.3 Å². The van der Waals surface area contributed by atoms with E-state index in [-0.39, 0.29) is 5.82 Å². The van der Waals surface area contributed by atoms with E-state index < -0.39 is 5.54 Å². The predicted molar refractivity (Wildman–Crippen MR) is 74.1 cm³/mol. The van der Waals surface area contributed by atoms with Crippen LogP contribution in [-0.2, 0) is 5.54 Å². The summed E-state index contributed by atoms with van der Waals surface area (Å²) in [5.74, 6) is 0.914. The lowest BCUT2D eigenvalue weighted by Gasteiger charge is -2.40. The Kier molecular flexibility index (Phi) is 3.98. The average molecular weight is 270 g/mol. The van der Waals surface area contributed by atoms with Crippen LogP contribution in [0.3, 0.4) is 0 Å². The molecule has 2 atom stereocenters. The third-order valence-electron chi connectivity index (χ3n) is 4.23. The molecule has 0 aromatic heterocycles. The van der Waals surface area contributed by atoms with Crippen LogP contribution in [0.15, 0.2) is 18.2 Å². The van der Waals surface area contributed by atoms with Gasteiger partial charge in [0.2, 0.25) is 0 Å². The van der Waals surface area contributed by atoms with Gasteiger partial charge in [-0.05, 0) is 36.8 Å². The Bertz CT molecular complexity index is 433. The molecule has 3 heteroatoms. The molecule has 0 radical (unpaired) electrons. The van der Waals surface area contributed by atoms with Crippen LogP contribution in [0.1, 0.15) is 45.1 Å². The van der Waals surface area contributed by atoms with Crippen molar-refractivity contribution in [2.45, 2.75) is 45.1 Å². The Morgan fingerprint density at radius 1 is 1.44 bits per heavy atom. The van der Waals surface area contributed by atoms with Gasteiger partial charge in [0.05, 0.1) is 0 Å². The fourth-order valence-electron chi connectivity index (χ4n) is 3.06. The van der Waals surface area contributed by atoms with Crippen molar-refractivity contribution in [3.63, 3.8) is 0 Å². The van der Waals surface area contributed by atoms with Gasteiger partial charge in [-0.3, -0.25) is 0 Å². The van der Waals surface area contributed by atoms with Gasteiger partial charge in [-0.2, -0.15) is 0 Å². The van der Waals surface area contributed by atoms with Crippen molar-refractivity contribution in [1.82, 2.24) is 0 Å². The quantitative estimate of drug-likeness (QED) is 0.842. The molecule has 0 saturated heterocycles. The molecule has 1 aliphatic rings. The van der Waals surface area contributed by atoms with Crippen molar-refractivity contribution in [2.24, 2.45) is 17.6 Å². The molecule has 0 amide bonds. The highest BCUT2D eigenvalue weighted by molar-refractivity contribution is 6.30. The predicted octanol–water partition coefficient (Wildman–Crippen LogP) is 4.48. The molecule has 1 nitrogen and oxygen atoms in total. The van der Waals surface area contributed by atoms with Crippen LogP contribution in [0.5, 0.6) is 0 Å². The summed E-state index contributed by atoms with van der Waals surface area (Å²) in [5, 5.41) is 0.427. The second-order valence-corrected chi connectivity index (χ2v) is 6.32. The van der Waals surface area contributed by atoms with Crippen LogP contribution < -0.4 is 5.73 Å². The third-order valence-corrected chi connectivity index (χ3v) is 4.47. The number of hydrogen-bond donors (Lipinski definition) is 1. The van der Waals surface area contributed by atoms with Crippen LogP contribution in [0.4, 0.5) is 4.39 Å². The van der Waals surface area contributed by atoms with Gasteiger partial charge in [0, 0.05) is 16.1 Å². The zero-order chi connectivity index (χ0) is 13.3. The monoisotopic (exact) mass is 269 g/mol. The van der Waals surface area contributed by atoms with Crippen LogP contribution in [0.2, 0.25) is 5.02 Å². The highest BCUT2D eigenvalue weighted by Gasteiger charge is 2.37. The van der Waals surface area contributed by atoms with Gasteiger partial charge in [-0.25, -0.2) is 4.39 Å². The second-order valence-electron chi connectivity index (χ2n) is 5.88. The first-order valence-electron chi connectivity index (χ1n) is 6.67. The smallest absolute Gasteiger partial charge is 0.129 e. The molecule has 0 bridgehead atoms. The Morgan fingerprint density at radius 3 is 2.78 bits per heavy atom. The van der Waals surface area contributed by atoms with Crippen molar-refractivity contribution in [3.8, 4) is 0 Å². The molecule has 0 spiro atoms. The van der Waals surface area contributed by atoms with Gasteiger partial charge in [0.25, 0.3) is 0 Å². The van der Waals surface area contributed by atoms with Gasteiger partial charge < -0.3 is 5.73 Å². The molecular formula is C15H21ClFN. The van der Waals surface area contributed by atoms with Gasteiger partial charge in [-0.15, -0.1) is 0 Å². The van der Waals surface area contributed by atoms with Crippen molar-refractivity contribution in [2.75, 3.05) is 0 Å². The number of halogens is 2. The highest BCUT2D eigenvalue weighted by atomic mass is 35.5. The van der Waals surface area contributed by atoms with E-state index in [2.05, 4.69) is 13.8 Å². The largest absolute Gasteiger partial charge is 0.321 e. The normalized spacial score (nSPS) is 28.7. The lowest BCUT2D eigenvalue weighted by Crippen LogP contribution is -2.43. The van der Waals surface area contributed by atoms with Gasteiger partial charge in [0.15, 0.2) is 0 Å². The summed E-state index contributed by atoms with van der Waals surface area (Å²) in [7, 11) is 0. The minimum atomic E-state index is -0.526. The van der Waals surface area contributed by atoms with E-state index in [1.54, 1.807) is 12.1 Å². The Balaban J connectivity index is 2.29. The summed E-state index contributed by atoms with van der Waals surface area (Å²) >= 11 is 5.80. The van der Waals surface area contributed by atoms with E-state index in [4.69, 9.17) is 17.3 Å². The number of nitrogens with two attached hydrogens (primary N) is 1. The van der Waals surface area contributed by atoms with Crippen LogP contribution in [0, 0.1) is 17.7 Å². The summed E-state index contributed by atoms with van der Waals surface area (Å²) in [5.41, 5.74) is 6.57. The summed E-state index contributed by atoms with van der Waals surface area (Å²) in [6, 6.07) is 4.85. The highest BCUT2D eigenvalue weighted by Crippen LogP contribution is 2.41. The first kappa shape index (κ1) is 13.8. The Hall–Kier alpha value is -0.600. The van der Waals surface area contributed by atoms with Crippen LogP contribution in [-0.4, -0.2) is 0 Å². The van der Waals surface area contributed by atoms with Crippen LogP contribution in [0.25, 0.3) is 0 Å². The molecule has 0 heterocycles. The van der Waals surface area contributed by atoms with Crippen molar-refractivity contribution in [1.29, 1.82) is 0 Å². The lowest BCUT2D eigenvalue weighted by molar-refractivity contribution is 0.180. The molecule has 100 valence electrons. The fraction of sp³-hybridized carbons (Fsp3) is 0.600. The molecular weight excluding hydrogens is 249 g/mol. The van der Waals surface area contributed by atoms with Crippen molar-refractivity contribution in [3.05, 3.63) is 34.6 Å². The second kappa shape index (κ2) is 5.18. The first-order valence-corrected chi connectivity index (χ1v) is 7.04. The fourth-order valence-corrected chi connectivity index (χ4v) is 3.22. The summed E-state index contributed by atoms with van der Waals surface area (Å²) in [6.07, 6.45) is 3.99. The summed E-state index contributed by atoms with van der Waals surface area (Å²) in [4.78, 5) is 0.